The number of ether oxygens (including phenoxy) is 2. The predicted molar refractivity (Wildman–Crippen MR) is 80.7 cm³/mol. The summed E-state index contributed by atoms with van der Waals surface area (Å²) in [6.07, 6.45) is 2.08. The second-order valence-corrected chi connectivity index (χ2v) is 5.67. The van der Waals surface area contributed by atoms with Crippen LogP contribution < -0.4 is 16.8 Å². The summed E-state index contributed by atoms with van der Waals surface area (Å²) in [5.41, 5.74) is 11.4. The average molecular weight is 313 g/mol. The Balaban J connectivity index is 2.19. The highest BCUT2D eigenvalue weighted by molar-refractivity contribution is 7.19. The lowest BCUT2D eigenvalue weighted by molar-refractivity contribution is 0.0533. The average Bonchev–Trinajstić information content (AvgIpc) is 3.03. The molecule has 7 nitrogen and oxygen atoms in total. The Bertz CT molecular complexity index is 538. The number of hydrogen-bond acceptors (Lipinski definition) is 7. The third-order valence-electron chi connectivity index (χ3n) is 3.17. The van der Waals surface area contributed by atoms with Crippen molar-refractivity contribution in [1.82, 2.24) is 0 Å². The standard InChI is InChI=1S/C13H19N3O4S/c1-2-19-13(18)10-9(14)8(11(15)17)12(21-10)16-6-7-4-3-5-20-7/h7,16H,2-6,14H2,1H3,(H2,15,17). The molecule has 116 valence electrons. The van der Waals surface area contributed by atoms with E-state index in [9.17, 15) is 9.59 Å². The minimum Gasteiger partial charge on any atom is -0.462 e. The first-order valence-corrected chi connectivity index (χ1v) is 7.60. The molecule has 5 N–H and O–H groups in total. The van der Waals surface area contributed by atoms with Gasteiger partial charge >= 0.3 is 5.97 Å². The van der Waals surface area contributed by atoms with Gasteiger partial charge in [0.1, 0.15) is 9.88 Å². The zero-order chi connectivity index (χ0) is 15.4. The Morgan fingerprint density at radius 3 is 2.86 bits per heavy atom. The molecule has 1 aromatic heterocycles. The summed E-state index contributed by atoms with van der Waals surface area (Å²) in [5.74, 6) is -1.22. The number of nitrogen functional groups attached to an aromatic ring is 1. The van der Waals surface area contributed by atoms with E-state index < -0.39 is 11.9 Å². The van der Waals surface area contributed by atoms with Gasteiger partial charge in [0.25, 0.3) is 5.91 Å². The molecule has 0 spiro atoms. The molecule has 0 saturated carbocycles. The van der Waals surface area contributed by atoms with Crippen LogP contribution in [-0.2, 0) is 9.47 Å². The quantitative estimate of drug-likeness (QED) is 0.679. The predicted octanol–water partition coefficient (Wildman–Crippen LogP) is 1.20. The maximum atomic E-state index is 11.8. The van der Waals surface area contributed by atoms with Crippen LogP contribution in [-0.4, -0.2) is 37.7 Å². The topological polar surface area (TPSA) is 117 Å². The fourth-order valence-electron chi connectivity index (χ4n) is 2.17. The maximum absolute atomic E-state index is 11.8. The van der Waals surface area contributed by atoms with Crippen LogP contribution in [0.15, 0.2) is 0 Å². The zero-order valence-corrected chi connectivity index (χ0v) is 12.6. The second kappa shape index (κ2) is 6.77. The molecular formula is C13H19N3O4S. The molecule has 1 aliphatic heterocycles. The molecule has 0 bridgehead atoms. The fraction of sp³-hybridized carbons (Fsp3) is 0.538. The summed E-state index contributed by atoms with van der Waals surface area (Å²) in [6, 6.07) is 0. The first-order valence-electron chi connectivity index (χ1n) is 6.79. The molecular weight excluding hydrogens is 294 g/mol. The van der Waals surface area contributed by atoms with Crippen molar-refractivity contribution in [2.24, 2.45) is 5.73 Å². The molecule has 1 atom stereocenters. The van der Waals surface area contributed by atoms with Crippen molar-refractivity contribution in [3.05, 3.63) is 10.4 Å². The number of hydrogen-bond donors (Lipinski definition) is 3. The number of esters is 1. The van der Waals surface area contributed by atoms with Gasteiger partial charge in [0, 0.05) is 13.2 Å². The zero-order valence-electron chi connectivity index (χ0n) is 11.8. The summed E-state index contributed by atoms with van der Waals surface area (Å²) < 4.78 is 10.4. The molecule has 0 radical (unpaired) electrons. The van der Waals surface area contributed by atoms with Gasteiger partial charge in [0.05, 0.1) is 24.0 Å². The Morgan fingerprint density at radius 2 is 2.29 bits per heavy atom. The molecule has 1 fully saturated rings. The SMILES string of the molecule is CCOC(=O)c1sc(NCC2CCCO2)c(C(N)=O)c1N. The van der Waals surface area contributed by atoms with Crippen molar-refractivity contribution in [2.45, 2.75) is 25.9 Å². The number of primary amides is 1. The van der Waals surface area contributed by atoms with Gasteiger partial charge in [-0.25, -0.2) is 4.79 Å². The van der Waals surface area contributed by atoms with E-state index in [1.54, 1.807) is 6.92 Å². The summed E-state index contributed by atoms with van der Waals surface area (Å²) in [6.45, 7) is 3.23. The van der Waals surface area contributed by atoms with Crippen LogP contribution in [0.3, 0.4) is 0 Å². The number of nitrogens with two attached hydrogens (primary N) is 2. The summed E-state index contributed by atoms with van der Waals surface area (Å²) in [7, 11) is 0. The lowest BCUT2D eigenvalue weighted by Gasteiger charge is -2.11. The number of carbonyl (C=O) groups excluding carboxylic acids is 2. The summed E-state index contributed by atoms with van der Waals surface area (Å²) >= 11 is 1.08. The molecule has 21 heavy (non-hydrogen) atoms. The van der Waals surface area contributed by atoms with Crippen LogP contribution in [0.5, 0.6) is 0 Å². The Morgan fingerprint density at radius 1 is 1.52 bits per heavy atom. The smallest absolute Gasteiger partial charge is 0.350 e. The third kappa shape index (κ3) is 3.45. The highest BCUT2D eigenvalue weighted by atomic mass is 32.1. The third-order valence-corrected chi connectivity index (χ3v) is 4.31. The van der Waals surface area contributed by atoms with Crippen molar-refractivity contribution >= 4 is 33.9 Å². The fourth-order valence-corrected chi connectivity index (χ4v) is 3.20. The largest absolute Gasteiger partial charge is 0.462 e. The van der Waals surface area contributed by atoms with Crippen molar-refractivity contribution < 1.29 is 19.1 Å². The van der Waals surface area contributed by atoms with Crippen LogP contribution in [0.25, 0.3) is 0 Å². The molecule has 1 aliphatic rings. The van der Waals surface area contributed by atoms with Gasteiger partial charge in [-0.3, -0.25) is 4.79 Å². The summed E-state index contributed by atoms with van der Waals surface area (Å²) in [4.78, 5) is 23.6. The number of rotatable bonds is 6. The van der Waals surface area contributed by atoms with E-state index in [0.29, 0.717) is 11.5 Å². The molecule has 0 aromatic carbocycles. The van der Waals surface area contributed by atoms with E-state index in [-0.39, 0.29) is 28.8 Å². The van der Waals surface area contributed by atoms with E-state index in [1.807, 2.05) is 0 Å². The van der Waals surface area contributed by atoms with E-state index in [4.69, 9.17) is 20.9 Å². The van der Waals surface area contributed by atoms with Gasteiger partial charge < -0.3 is 26.3 Å². The minimum absolute atomic E-state index is 0.0702. The van der Waals surface area contributed by atoms with Crippen LogP contribution in [0.4, 0.5) is 10.7 Å². The summed E-state index contributed by atoms with van der Waals surface area (Å²) in [5, 5.41) is 3.58. The normalized spacial score (nSPS) is 17.7. The number of anilines is 2. The molecule has 0 aliphatic carbocycles. The lowest BCUT2D eigenvalue weighted by atomic mass is 10.2. The molecule has 1 saturated heterocycles. The van der Waals surface area contributed by atoms with Crippen molar-refractivity contribution in [2.75, 3.05) is 30.8 Å². The Labute approximate surface area is 126 Å². The van der Waals surface area contributed by atoms with Gasteiger partial charge in [-0.15, -0.1) is 11.3 Å². The molecule has 2 rings (SSSR count). The van der Waals surface area contributed by atoms with Gasteiger partial charge in [0.2, 0.25) is 0 Å². The van der Waals surface area contributed by atoms with E-state index in [0.717, 1.165) is 30.8 Å². The maximum Gasteiger partial charge on any atom is 0.350 e. The highest BCUT2D eigenvalue weighted by Gasteiger charge is 2.26. The van der Waals surface area contributed by atoms with E-state index >= 15 is 0 Å². The molecule has 1 aromatic rings. The Hall–Kier alpha value is -1.80. The number of nitrogens with one attached hydrogen (secondary N) is 1. The van der Waals surface area contributed by atoms with Crippen molar-refractivity contribution in [3.8, 4) is 0 Å². The van der Waals surface area contributed by atoms with Crippen LogP contribution in [0, 0.1) is 0 Å². The van der Waals surface area contributed by atoms with Gasteiger partial charge in [-0.2, -0.15) is 0 Å². The van der Waals surface area contributed by atoms with Crippen LogP contribution >= 0.6 is 11.3 Å². The highest BCUT2D eigenvalue weighted by Crippen LogP contribution is 2.36. The monoisotopic (exact) mass is 313 g/mol. The van der Waals surface area contributed by atoms with Gasteiger partial charge in [-0.1, -0.05) is 0 Å². The van der Waals surface area contributed by atoms with Crippen molar-refractivity contribution in [1.29, 1.82) is 0 Å². The molecule has 1 amide bonds. The Kier molecular flexibility index (Phi) is 5.03. The van der Waals surface area contributed by atoms with Crippen LogP contribution in [0.1, 0.15) is 39.8 Å². The number of carbonyl (C=O) groups is 2. The van der Waals surface area contributed by atoms with Crippen LogP contribution in [0.2, 0.25) is 0 Å². The number of thiophene rings is 1. The first kappa shape index (κ1) is 15.6. The number of amides is 1. The second-order valence-electron chi connectivity index (χ2n) is 4.65. The van der Waals surface area contributed by atoms with Gasteiger partial charge in [0.15, 0.2) is 0 Å². The molecule has 1 unspecified atom stereocenters. The van der Waals surface area contributed by atoms with E-state index in [2.05, 4.69) is 5.32 Å². The van der Waals surface area contributed by atoms with Crippen molar-refractivity contribution in [3.63, 3.8) is 0 Å². The molecule has 2 heterocycles. The van der Waals surface area contributed by atoms with Gasteiger partial charge in [-0.05, 0) is 19.8 Å². The first-order chi connectivity index (χ1) is 10.0. The molecule has 8 heteroatoms. The van der Waals surface area contributed by atoms with E-state index in [1.165, 1.54) is 0 Å². The lowest BCUT2D eigenvalue weighted by Crippen LogP contribution is -2.20. The minimum atomic E-state index is -0.672.